The highest BCUT2D eigenvalue weighted by Crippen LogP contribution is 2.30. The SMILES string of the molecule is Cc1ccc(-n2c(SCc3csc(COc4ccc(F)cc4)n3)nnc2N2CCOCC2)cc1. The number of benzene rings is 2. The van der Waals surface area contributed by atoms with Crippen molar-refractivity contribution < 1.29 is 13.9 Å². The molecule has 0 unspecified atom stereocenters. The summed E-state index contributed by atoms with van der Waals surface area (Å²) in [6, 6.07) is 14.4. The Labute approximate surface area is 205 Å². The zero-order chi connectivity index (χ0) is 23.3. The molecule has 0 amide bonds. The van der Waals surface area contributed by atoms with Crippen molar-refractivity contribution in [2.45, 2.75) is 24.4 Å². The number of hydrogen-bond donors (Lipinski definition) is 0. The molecule has 0 aliphatic carbocycles. The van der Waals surface area contributed by atoms with Gasteiger partial charge in [-0.1, -0.05) is 29.5 Å². The third-order valence-corrected chi connectivity index (χ3v) is 7.16. The van der Waals surface area contributed by atoms with E-state index in [0.29, 0.717) is 31.3 Å². The lowest BCUT2D eigenvalue weighted by Crippen LogP contribution is -2.37. The van der Waals surface area contributed by atoms with Crippen LogP contribution in [0.1, 0.15) is 16.3 Å². The topological polar surface area (TPSA) is 65.3 Å². The van der Waals surface area contributed by atoms with Gasteiger partial charge in [-0.15, -0.1) is 21.5 Å². The van der Waals surface area contributed by atoms with Crippen molar-refractivity contribution in [1.82, 2.24) is 19.7 Å². The van der Waals surface area contributed by atoms with Gasteiger partial charge in [0.15, 0.2) is 5.16 Å². The Balaban J connectivity index is 1.29. The summed E-state index contributed by atoms with van der Waals surface area (Å²) in [5, 5.41) is 12.8. The van der Waals surface area contributed by atoms with Gasteiger partial charge in [0.25, 0.3) is 0 Å². The van der Waals surface area contributed by atoms with Crippen molar-refractivity contribution >= 4 is 29.0 Å². The molecule has 34 heavy (non-hydrogen) atoms. The second kappa shape index (κ2) is 10.5. The molecule has 5 rings (SSSR count). The number of morpholine rings is 1. The summed E-state index contributed by atoms with van der Waals surface area (Å²) in [6.45, 7) is 5.38. The number of thioether (sulfide) groups is 1. The summed E-state index contributed by atoms with van der Waals surface area (Å²) in [7, 11) is 0. The van der Waals surface area contributed by atoms with Crippen LogP contribution in [-0.2, 0) is 17.1 Å². The van der Waals surface area contributed by atoms with E-state index in [4.69, 9.17) is 9.47 Å². The van der Waals surface area contributed by atoms with Crippen molar-refractivity contribution in [3.8, 4) is 11.4 Å². The molecule has 1 aliphatic rings. The molecule has 3 heterocycles. The summed E-state index contributed by atoms with van der Waals surface area (Å²) in [4.78, 5) is 6.90. The van der Waals surface area contributed by atoms with Crippen LogP contribution in [0.2, 0.25) is 0 Å². The molecule has 1 saturated heterocycles. The molecule has 176 valence electrons. The fourth-order valence-corrected chi connectivity index (χ4v) is 5.19. The summed E-state index contributed by atoms with van der Waals surface area (Å²) in [5.74, 6) is 1.84. The number of ether oxygens (including phenoxy) is 2. The van der Waals surface area contributed by atoms with Crippen molar-refractivity contribution in [2.24, 2.45) is 0 Å². The quantitative estimate of drug-likeness (QED) is 0.322. The van der Waals surface area contributed by atoms with Gasteiger partial charge in [0.05, 0.1) is 24.6 Å². The van der Waals surface area contributed by atoms with Crippen LogP contribution in [-0.4, -0.2) is 46.1 Å². The highest BCUT2D eigenvalue weighted by Gasteiger charge is 2.22. The molecule has 2 aromatic heterocycles. The predicted octanol–water partition coefficient (Wildman–Crippen LogP) is 4.88. The van der Waals surface area contributed by atoms with Gasteiger partial charge in [0.1, 0.15) is 23.2 Å². The Bertz CT molecular complexity index is 1220. The Kier molecular flexibility index (Phi) is 7.08. The Hall–Kier alpha value is -2.95. The van der Waals surface area contributed by atoms with Crippen LogP contribution in [0.4, 0.5) is 10.3 Å². The summed E-state index contributed by atoms with van der Waals surface area (Å²) >= 11 is 3.16. The molecule has 0 atom stereocenters. The molecule has 1 aliphatic heterocycles. The van der Waals surface area contributed by atoms with Crippen molar-refractivity contribution in [1.29, 1.82) is 0 Å². The fourth-order valence-electron chi connectivity index (χ4n) is 3.54. The number of aromatic nitrogens is 4. The van der Waals surface area contributed by atoms with Crippen molar-refractivity contribution in [2.75, 3.05) is 31.2 Å². The normalized spacial score (nSPS) is 13.9. The highest BCUT2D eigenvalue weighted by molar-refractivity contribution is 7.98. The molecular weight excluding hydrogens is 473 g/mol. The maximum atomic E-state index is 13.1. The van der Waals surface area contributed by atoms with E-state index in [1.807, 2.05) is 5.38 Å². The molecule has 0 spiro atoms. The first kappa shape index (κ1) is 22.8. The minimum atomic E-state index is -0.281. The van der Waals surface area contributed by atoms with Crippen LogP contribution in [0.15, 0.2) is 59.1 Å². The highest BCUT2D eigenvalue weighted by atomic mass is 32.2. The van der Waals surface area contributed by atoms with Crippen LogP contribution in [0.5, 0.6) is 5.75 Å². The molecule has 4 aromatic rings. The molecule has 0 N–H and O–H groups in total. The zero-order valence-electron chi connectivity index (χ0n) is 18.7. The standard InChI is InChI=1S/C24H24FN5O2S2/c1-17-2-6-20(7-3-17)30-23(29-10-12-31-13-11-29)27-28-24(30)34-16-19-15-33-22(26-19)14-32-21-8-4-18(25)5-9-21/h2-9,15H,10-14,16H2,1H3. The number of hydrogen-bond acceptors (Lipinski definition) is 8. The molecular formula is C24H24FN5O2S2. The lowest BCUT2D eigenvalue weighted by atomic mass is 10.2. The van der Waals surface area contributed by atoms with Crippen LogP contribution >= 0.6 is 23.1 Å². The van der Waals surface area contributed by atoms with E-state index < -0.39 is 0 Å². The van der Waals surface area contributed by atoms with E-state index in [-0.39, 0.29) is 5.82 Å². The van der Waals surface area contributed by atoms with Crippen LogP contribution in [0.25, 0.3) is 5.69 Å². The van der Waals surface area contributed by atoms with Crippen molar-refractivity contribution in [3.05, 3.63) is 76.0 Å². The maximum Gasteiger partial charge on any atom is 0.232 e. The van der Waals surface area contributed by atoms with Gasteiger partial charge < -0.3 is 14.4 Å². The Morgan fingerprint density at radius 3 is 2.59 bits per heavy atom. The van der Waals surface area contributed by atoms with Gasteiger partial charge in [0, 0.05) is 24.2 Å². The predicted molar refractivity (Wildman–Crippen MR) is 132 cm³/mol. The first-order chi connectivity index (χ1) is 16.7. The van der Waals surface area contributed by atoms with Crippen LogP contribution in [0.3, 0.4) is 0 Å². The van der Waals surface area contributed by atoms with Crippen LogP contribution in [0, 0.1) is 12.7 Å². The van der Waals surface area contributed by atoms with E-state index in [9.17, 15) is 4.39 Å². The monoisotopic (exact) mass is 497 g/mol. The van der Waals surface area contributed by atoms with E-state index in [1.165, 1.54) is 17.7 Å². The molecule has 10 heteroatoms. The molecule has 7 nitrogen and oxygen atoms in total. The number of rotatable bonds is 8. The lowest BCUT2D eigenvalue weighted by Gasteiger charge is -2.27. The molecule has 0 bridgehead atoms. The number of thiazole rings is 1. The third-order valence-electron chi connectivity index (χ3n) is 5.33. The molecule has 0 saturated carbocycles. The third kappa shape index (κ3) is 5.40. The number of anilines is 1. The van der Waals surface area contributed by atoms with Crippen molar-refractivity contribution in [3.63, 3.8) is 0 Å². The van der Waals surface area contributed by atoms with E-state index in [1.54, 1.807) is 35.2 Å². The maximum absolute atomic E-state index is 13.1. The summed E-state index contributed by atoms with van der Waals surface area (Å²) < 4.78 is 26.4. The Morgan fingerprint density at radius 2 is 1.82 bits per heavy atom. The number of aryl methyl sites for hydroxylation is 1. The minimum Gasteiger partial charge on any atom is -0.486 e. The second-order valence-electron chi connectivity index (χ2n) is 7.82. The van der Waals surface area contributed by atoms with E-state index >= 15 is 0 Å². The summed E-state index contributed by atoms with van der Waals surface area (Å²) in [5.41, 5.74) is 3.20. The van der Waals surface area contributed by atoms with Crippen LogP contribution < -0.4 is 9.64 Å². The van der Waals surface area contributed by atoms with Gasteiger partial charge in [0.2, 0.25) is 5.95 Å². The van der Waals surface area contributed by atoms with Gasteiger partial charge >= 0.3 is 0 Å². The number of halogens is 1. The van der Waals surface area contributed by atoms with Gasteiger partial charge in [-0.2, -0.15) is 0 Å². The Morgan fingerprint density at radius 1 is 1.06 bits per heavy atom. The average Bonchev–Trinajstić information content (AvgIpc) is 3.50. The minimum absolute atomic E-state index is 0.281. The number of nitrogens with zero attached hydrogens (tertiary/aromatic N) is 5. The smallest absolute Gasteiger partial charge is 0.232 e. The zero-order valence-corrected chi connectivity index (χ0v) is 20.3. The first-order valence-electron chi connectivity index (χ1n) is 11.0. The largest absolute Gasteiger partial charge is 0.486 e. The van der Waals surface area contributed by atoms with Gasteiger partial charge in [-0.05, 0) is 43.3 Å². The van der Waals surface area contributed by atoms with Gasteiger partial charge in [-0.3, -0.25) is 4.57 Å². The van der Waals surface area contributed by atoms with Gasteiger partial charge in [-0.25, -0.2) is 9.37 Å². The average molecular weight is 498 g/mol. The molecule has 1 fully saturated rings. The van der Waals surface area contributed by atoms with E-state index in [2.05, 4.69) is 55.8 Å². The second-order valence-corrected chi connectivity index (χ2v) is 9.70. The van der Waals surface area contributed by atoms with E-state index in [0.717, 1.165) is 40.6 Å². The summed E-state index contributed by atoms with van der Waals surface area (Å²) in [6.07, 6.45) is 0. The first-order valence-corrected chi connectivity index (χ1v) is 12.8. The molecule has 2 aromatic carbocycles. The lowest BCUT2D eigenvalue weighted by molar-refractivity contribution is 0.122. The molecule has 0 radical (unpaired) electrons. The fraction of sp³-hybridized carbons (Fsp3) is 0.292.